The zero-order valence-electron chi connectivity index (χ0n) is 12.6. The monoisotopic (exact) mass is 362 g/mol. The van der Waals surface area contributed by atoms with E-state index in [9.17, 15) is 15.0 Å². The van der Waals surface area contributed by atoms with Crippen molar-refractivity contribution < 1.29 is 23.9 Å². The lowest BCUT2D eigenvalue weighted by atomic mass is 9.91. The molecule has 7 nitrogen and oxygen atoms in total. The van der Waals surface area contributed by atoms with E-state index in [1.807, 2.05) is 6.92 Å². The molecule has 10 heteroatoms. The van der Waals surface area contributed by atoms with Crippen LogP contribution >= 0.6 is 23.2 Å². The molecule has 1 aliphatic rings. The largest absolute Gasteiger partial charge is 0.756 e. The molecular formula is C13H15BCl2NO6-. The van der Waals surface area contributed by atoms with E-state index in [4.69, 9.17) is 37.3 Å². The third kappa shape index (κ3) is 3.60. The Bertz CT molecular complexity index is 613. The summed E-state index contributed by atoms with van der Waals surface area (Å²) in [6.07, 6.45) is 1.57. The average Bonchev–Trinajstić information content (AvgIpc) is 2.51. The summed E-state index contributed by atoms with van der Waals surface area (Å²) in [4.78, 5) is 12.3. The second-order valence-electron chi connectivity index (χ2n) is 4.88. The van der Waals surface area contributed by atoms with Gasteiger partial charge in [-0.05, 0) is 13.5 Å². The predicted octanol–water partition coefficient (Wildman–Crippen LogP) is 2.53. The van der Waals surface area contributed by atoms with Crippen molar-refractivity contribution in [2.45, 2.75) is 19.8 Å². The van der Waals surface area contributed by atoms with Gasteiger partial charge in [-0.15, -0.1) is 0 Å². The van der Waals surface area contributed by atoms with E-state index in [0.717, 1.165) is 13.5 Å². The van der Waals surface area contributed by atoms with E-state index in [1.54, 1.807) is 0 Å². The minimum atomic E-state index is -1.30. The molecule has 0 saturated heterocycles. The molecule has 1 heterocycles. The molecule has 0 unspecified atom stereocenters. The Kier molecular flexibility index (Phi) is 5.86. The van der Waals surface area contributed by atoms with Crippen LogP contribution in [0.25, 0.3) is 0 Å². The van der Waals surface area contributed by atoms with E-state index in [-0.39, 0.29) is 51.0 Å². The molecule has 1 amide bonds. The fraction of sp³-hybridized carbons (Fsp3) is 0.462. The van der Waals surface area contributed by atoms with Crippen molar-refractivity contribution in [1.29, 1.82) is 0 Å². The standard InChI is InChI=1S/C13H15BCl2NO6/c1-3-4-5-21-10-7(13(18)17(2)20)11-12(9(16)8(10)15)22-6-14(19)23-11/h19H,3-6H2,1-2H3/q-1. The predicted molar refractivity (Wildman–Crippen MR) is 86.4 cm³/mol. The van der Waals surface area contributed by atoms with Crippen LogP contribution in [0.2, 0.25) is 10.0 Å². The highest BCUT2D eigenvalue weighted by Gasteiger charge is 2.36. The van der Waals surface area contributed by atoms with Gasteiger partial charge in [0, 0.05) is 0 Å². The molecule has 1 aliphatic heterocycles. The van der Waals surface area contributed by atoms with Crippen molar-refractivity contribution in [3.05, 3.63) is 20.8 Å². The zero-order chi connectivity index (χ0) is 17.1. The first-order valence-electron chi connectivity index (χ1n) is 6.98. The van der Waals surface area contributed by atoms with Gasteiger partial charge < -0.3 is 29.4 Å². The maximum atomic E-state index is 12.3. The molecule has 1 aromatic carbocycles. The molecule has 0 aromatic heterocycles. The molecule has 23 heavy (non-hydrogen) atoms. The zero-order valence-corrected chi connectivity index (χ0v) is 14.1. The fourth-order valence-electron chi connectivity index (χ4n) is 2.00. The summed E-state index contributed by atoms with van der Waals surface area (Å²) in [5.41, 5.74) is -0.221. The molecule has 0 spiro atoms. The molecule has 126 valence electrons. The molecule has 0 fully saturated rings. The van der Waals surface area contributed by atoms with Gasteiger partial charge in [0.1, 0.15) is 22.1 Å². The molecule has 0 saturated carbocycles. The molecule has 1 aromatic rings. The lowest BCUT2D eigenvalue weighted by Crippen LogP contribution is -2.35. The van der Waals surface area contributed by atoms with Gasteiger partial charge >= 0.3 is 7.12 Å². The summed E-state index contributed by atoms with van der Waals surface area (Å²) in [5, 5.41) is 21.1. The quantitative estimate of drug-likeness (QED) is 0.491. The molecule has 0 aliphatic carbocycles. The number of ether oxygens (including phenoxy) is 2. The van der Waals surface area contributed by atoms with Crippen molar-refractivity contribution in [1.82, 2.24) is 5.06 Å². The van der Waals surface area contributed by atoms with Gasteiger partial charge in [-0.25, -0.2) is 0 Å². The fourth-order valence-corrected chi connectivity index (χ4v) is 2.46. The lowest BCUT2D eigenvalue weighted by Gasteiger charge is -2.29. The van der Waals surface area contributed by atoms with Gasteiger partial charge in [-0.1, -0.05) is 36.5 Å². The van der Waals surface area contributed by atoms with Gasteiger partial charge in [0.25, 0.3) is 5.91 Å². The van der Waals surface area contributed by atoms with Crippen LogP contribution in [0.1, 0.15) is 30.1 Å². The van der Waals surface area contributed by atoms with Crippen LogP contribution in [0.4, 0.5) is 0 Å². The Morgan fingerprint density at radius 2 is 2.13 bits per heavy atom. The Labute approximate surface area is 143 Å². The number of halogens is 2. The van der Waals surface area contributed by atoms with Crippen molar-refractivity contribution in [3.63, 3.8) is 0 Å². The Morgan fingerprint density at radius 3 is 2.74 bits per heavy atom. The van der Waals surface area contributed by atoms with Gasteiger partial charge in [0.2, 0.25) is 0 Å². The van der Waals surface area contributed by atoms with Gasteiger partial charge in [0.05, 0.1) is 6.61 Å². The Morgan fingerprint density at radius 1 is 1.43 bits per heavy atom. The number of rotatable bonds is 5. The highest BCUT2D eigenvalue weighted by atomic mass is 35.5. The second-order valence-corrected chi connectivity index (χ2v) is 5.63. The summed E-state index contributed by atoms with van der Waals surface area (Å²) in [6, 6.07) is 0. The van der Waals surface area contributed by atoms with E-state index in [0.29, 0.717) is 6.42 Å². The summed E-state index contributed by atoms with van der Waals surface area (Å²) in [6.45, 7) is 2.06. The van der Waals surface area contributed by atoms with Crippen LogP contribution in [-0.4, -0.2) is 43.3 Å². The van der Waals surface area contributed by atoms with Crippen LogP contribution in [0.5, 0.6) is 17.2 Å². The van der Waals surface area contributed by atoms with E-state index in [1.165, 1.54) is 0 Å². The molecule has 0 bridgehead atoms. The first kappa shape index (κ1) is 18.0. The maximum Gasteiger partial charge on any atom is 0.563 e. The highest BCUT2D eigenvalue weighted by molar-refractivity contribution is 6.47. The molecule has 0 atom stereocenters. The van der Waals surface area contributed by atoms with Gasteiger partial charge in [0.15, 0.2) is 17.2 Å². The summed E-state index contributed by atoms with van der Waals surface area (Å²) < 4.78 is 16.1. The first-order valence-corrected chi connectivity index (χ1v) is 7.74. The SMILES string of the molecule is CCCCOc1c(Cl)c(Cl)c2c(c1C(=O)N(C)[O-])OB(O)CO2. The van der Waals surface area contributed by atoms with Crippen molar-refractivity contribution in [3.8, 4) is 17.2 Å². The van der Waals surface area contributed by atoms with Crippen LogP contribution in [0, 0.1) is 5.21 Å². The number of carbonyl (C=O) groups is 1. The smallest absolute Gasteiger partial charge is 0.563 e. The number of hydrogen-bond donors (Lipinski definition) is 1. The maximum absolute atomic E-state index is 12.3. The third-order valence-corrected chi connectivity index (χ3v) is 3.94. The van der Waals surface area contributed by atoms with Crippen molar-refractivity contribution >= 4 is 36.2 Å². The number of carbonyl (C=O) groups excluding carboxylic acids is 1. The number of hydrogen-bond acceptors (Lipinski definition) is 6. The lowest BCUT2D eigenvalue weighted by molar-refractivity contribution is 0.0842. The van der Waals surface area contributed by atoms with Crippen molar-refractivity contribution in [2.24, 2.45) is 0 Å². The molecule has 0 radical (unpaired) electrons. The number of unbranched alkanes of at least 4 members (excludes halogenated alkanes) is 1. The van der Waals surface area contributed by atoms with Crippen LogP contribution in [0.15, 0.2) is 0 Å². The number of fused-ring (bicyclic) bond motifs is 1. The second kappa shape index (κ2) is 7.48. The van der Waals surface area contributed by atoms with Crippen molar-refractivity contribution in [2.75, 3.05) is 20.2 Å². The first-order chi connectivity index (χ1) is 10.9. The Hall–Kier alpha value is -1.35. The summed E-state index contributed by atoms with van der Waals surface area (Å²) in [5.74, 6) is -1.16. The Balaban J connectivity index is 2.61. The minimum absolute atomic E-state index is 0.00462. The summed E-state index contributed by atoms with van der Waals surface area (Å²) in [7, 11) is -0.264. The van der Waals surface area contributed by atoms with E-state index in [2.05, 4.69) is 0 Å². The average molecular weight is 363 g/mol. The number of hydroxylamine groups is 2. The number of nitrogens with zero attached hydrogens (tertiary/aromatic N) is 1. The highest BCUT2D eigenvalue weighted by Crippen LogP contribution is 2.51. The summed E-state index contributed by atoms with van der Waals surface area (Å²) >= 11 is 12.3. The number of amides is 1. The normalized spacial score (nSPS) is 13.0. The van der Waals surface area contributed by atoms with E-state index < -0.39 is 13.0 Å². The third-order valence-electron chi connectivity index (χ3n) is 3.12. The molecular weight excluding hydrogens is 348 g/mol. The minimum Gasteiger partial charge on any atom is -0.756 e. The number of benzene rings is 1. The van der Waals surface area contributed by atoms with Gasteiger partial charge in [-0.2, -0.15) is 0 Å². The van der Waals surface area contributed by atoms with Crippen LogP contribution < -0.4 is 14.1 Å². The molecule has 1 N–H and O–H groups in total. The topological polar surface area (TPSA) is 91.3 Å². The van der Waals surface area contributed by atoms with Crippen LogP contribution in [-0.2, 0) is 0 Å². The van der Waals surface area contributed by atoms with Gasteiger partial charge in [-0.3, -0.25) is 4.79 Å². The van der Waals surface area contributed by atoms with Crippen LogP contribution in [0.3, 0.4) is 0 Å². The molecule has 2 rings (SSSR count). The van der Waals surface area contributed by atoms with E-state index >= 15 is 0 Å².